The van der Waals surface area contributed by atoms with Crippen molar-refractivity contribution in [1.82, 2.24) is 0 Å². The molecule has 1 aliphatic rings. The molecule has 0 radical (unpaired) electrons. The van der Waals surface area contributed by atoms with Crippen molar-refractivity contribution in [3.05, 3.63) is 33.8 Å². The van der Waals surface area contributed by atoms with Crippen molar-refractivity contribution in [1.29, 1.82) is 0 Å². The highest BCUT2D eigenvalue weighted by Crippen LogP contribution is 2.39. The minimum absolute atomic E-state index is 0.211. The average Bonchev–Trinajstić information content (AvgIpc) is 2.37. The number of benzene rings is 1. The quantitative estimate of drug-likeness (QED) is 0.819. The molecule has 2 unspecified atom stereocenters. The van der Waals surface area contributed by atoms with Gasteiger partial charge in [-0.3, -0.25) is 4.99 Å². The molecule has 0 saturated heterocycles. The molecule has 1 aliphatic heterocycles. The maximum absolute atomic E-state index is 13.9. The predicted molar refractivity (Wildman–Crippen MR) is 79.6 cm³/mol. The largest absolute Gasteiger partial charge is 0.386 e. The van der Waals surface area contributed by atoms with Gasteiger partial charge in [-0.05, 0) is 38.2 Å². The highest BCUT2D eigenvalue weighted by Gasteiger charge is 2.34. The summed E-state index contributed by atoms with van der Waals surface area (Å²) < 4.78 is 27.6. The first kappa shape index (κ1) is 14.8. The molecule has 0 aromatic heterocycles. The first-order valence-corrected chi connectivity index (χ1v) is 7.92. The highest BCUT2D eigenvalue weighted by molar-refractivity contribution is 9.10. The second-order valence-corrected chi connectivity index (χ2v) is 7.02. The van der Waals surface area contributed by atoms with Gasteiger partial charge in [0.25, 0.3) is 0 Å². The second-order valence-electron chi connectivity index (χ2n) is 4.79. The lowest BCUT2D eigenvalue weighted by atomic mass is 9.92. The van der Waals surface area contributed by atoms with E-state index in [1.54, 1.807) is 17.8 Å². The van der Waals surface area contributed by atoms with Crippen molar-refractivity contribution >= 4 is 33.5 Å². The molecular weight excluding hydrogens is 334 g/mol. The van der Waals surface area contributed by atoms with Gasteiger partial charge < -0.3 is 5.73 Å². The minimum atomic E-state index is -0.864. The molecule has 0 amide bonds. The zero-order valence-corrected chi connectivity index (χ0v) is 13.1. The van der Waals surface area contributed by atoms with E-state index >= 15 is 0 Å². The topological polar surface area (TPSA) is 38.4 Å². The van der Waals surface area contributed by atoms with Crippen LogP contribution in [-0.2, 0) is 0 Å². The summed E-state index contributed by atoms with van der Waals surface area (Å²) in [6.45, 7) is 2.02. The number of aliphatic imine (C=N–C) groups is 1. The summed E-state index contributed by atoms with van der Waals surface area (Å²) in [4.78, 5) is 4.37. The van der Waals surface area contributed by atoms with E-state index in [0.29, 0.717) is 16.7 Å². The molecular formula is C13H15BrF2N2S. The van der Waals surface area contributed by atoms with Crippen molar-refractivity contribution in [2.24, 2.45) is 10.7 Å². The van der Waals surface area contributed by atoms with Crippen LogP contribution in [0.5, 0.6) is 0 Å². The molecule has 0 saturated carbocycles. The van der Waals surface area contributed by atoms with E-state index in [1.165, 1.54) is 0 Å². The Labute approximate surface area is 124 Å². The second kappa shape index (κ2) is 5.40. The fourth-order valence-corrected chi connectivity index (χ4v) is 3.19. The third-order valence-corrected chi connectivity index (χ3v) is 5.33. The fourth-order valence-electron chi connectivity index (χ4n) is 2.16. The molecule has 0 bridgehead atoms. The van der Waals surface area contributed by atoms with Crippen LogP contribution in [0.25, 0.3) is 0 Å². The standard InChI is InChI=1S/C13H15BrF2N2S/c1-13(19-2)4-3-10(18-12(13)17)8-5-7(14)6-9(15)11(8)16/h5-6,10H,3-4H2,1-2H3,(H2,17,18). The van der Waals surface area contributed by atoms with Crippen LogP contribution in [0, 0.1) is 11.6 Å². The van der Waals surface area contributed by atoms with E-state index in [9.17, 15) is 8.78 Å². The van der Waals surface area contributed by atoms with Gasteiger partial charge in [-0.25, -0.2) is 8.78 Å². The molecule has 0 fully saturated rings. The third-order valence-electron chi connectivity index (χ3n) is 3.56. The summed E-state index contributed by atoms with van der Waals surface area (Å²) in [6.07, 6.45) is 3.43. The van der Waals surface area contributed by atoms with Gasteiger partial charge in [0.15, 0.2) is 11.6 Å². The monoisotopic (exact) mass is 348 g/mol. The fraction of sp³-hybridized carbons (Fsp3) is 0.462. The molecule has 0 aliphatic carbocycles. The van der Waals surface area contributed by atoms with Crippen LogP contribution in [0.2, 0.25) is 0 Å². The van der Waals surface area contributed by atoms with Crippen LogP contribution in [0.4, 0.5) is 8.78 Å². The number of amidine groups is 1. The van der Waals surface area contributed by atoms with Gasteiger partial charge in [-0.1, -0.05) is 15.9 Å². The summed E-state index contributed by atoms with van der Waals surface area (Å²) >= 11 is 4.81. The van der Waals surface area contributed by atoms with E-state index in [2.05, 4.69) is 20.9 Å². The lowest BCUT2D eigenvalue weighted by molar-refractivity contribution is 0.469. The van der Waals surface area contributed by atoms with E-state index < -0.39 is 17.7 Å². The Morgan fingerprint density at radius 3 is 2.74 bits per heavy atom. The van der Waals surface area contributed by atoms with Gasteiger partial charge >= 0.3 is 0 Å². The maximum Gasteiger partial charge on any atom is 0.164 e. The van der Waals surface area contributed by atoms with Gasteiger partial charge in [-0.15, -0.1) is 0 Å². The average molecular weight is 349 g/mol. The Hall–Kier alpha value is -0.620. The van der Waals surface area contributed by atoms with Crippen molar-refractivity contribution in [3.63, 3.8) is 0 Å². The van der Waals surface area contributed by atoms with Gasteiger partial charge in [-0.2, -0.15) is 11.8 Å². The Bertz CT molecular complexity index is 536. The molecule has 1 aromatic rings. The normalized spacial score (nSPS) is 27.2. The van der Waals surface area contributed by atoms with Gasteiger partial charge in [0, 0.05) is 10.0 Å². The number of nitrogens with two attached hydrogens (primary N) is 1. The van der Waals surface area contributed by atoms with Crippen LogP contribution in [0.3, 0.4) is 0 Å². The molecule has 2 N–H and O–H groups in total. The number of halogens is 3. The maximum atomic E-state index is 13.9. The summed E-state index contributed by atoms with van der Waals surface area (Å²) in [6, 6.07) is 2.27. The molecule has 2 atom stereocenters. The van der Waals surface area contributed by atoms with Crippen molar-refractivity contribution in [3.8, 4) is 0 Å². The first-order valence-electron chi connectivity index (χ1n) is 5.90. The lowest BCUT2D eigenvalue weighted by Crippen LogP contribution is -2.41. The van der Waals surface area contributed by atoms with Crippen LogP contribution in [0.1, 0.15) is 31.4 Å². The lowest BCUT2D eigenvalue weighted by Gasteiger charge is -2.33. The van der Waals surface area contributed by atoms with Crippen LogP contribution in [0.15, 0.2) is 21.6 Å². The van der Waals surface area contributed by atoms with Crippen molar-refractivity contribution in [2.45, 2.75) is 30.6 Å². The minimum Gasteiger partial charge on any atom is -0.386 e. The smallest absolute Gasteiger partial charge is 0.164 e. The summed E-state index contributed by atoms with van der Waals surface area (Å²) in [7, 11) is 0. The Kier molecular flexibility index (Phi) is 4.20. The molecule has 1 aromatic carbocycles. The SMILES string of the molecule is CSC1(C)CCC(c2cc(Br)cc(F)c2F)N=C1N. The number of hydrogen-bond donors (Lipinski definition) is 1. The molecule has 104 valence electrons. The van der Waals surface area contributed by atoms with Gasteiger partial charge in [0.2, 0.25) is 0 Å². The van der Waals surface area contributed by atoms with E-state index in [0.717, 1.165) is 12.5 Å². The summed E-state index contributed by atoms with van der Waals surface area (Å²) in [5.41, 5.74) is 6.24. The number of rotatable bonds is 2. The molecule has 1 heterocycles. The molecule has 2 rings (SSSR count). The Morgan fingerprint density at radius 2 is 2.16 bits per heavy atom. The van der Waals surface area contributed by atoms with Gasteiger partial charge in [0.1, 0.15) is 5.84 Å². The van der Waals surface area contributed by atoms with E-state index in [-0.39, 0.29) is 10.3 Å². The van der Waals surface area contributed by atoms with Crippen LogP contribution in [-0.4, -0.2) is 16.8 Å². The highest BCUT2D eigenvalue weighted by atomic mass is 79.9. The Morgan fingerprint density at radius 1 is 1.47 bits per heavy atom. The molecule has 19 heavy (non-hydrogen) atoms. The number of nitrogens with zero attached hydrogens (tertiary/aromatic N) is 1. The summed E-state index contributed by atoms with van der Waals surface area (Å²) in [5, 5.41) is 0. The van der Waals surface area contributed by atoms with Crippen LogP contribution >= 0.6 is 27.7 Å². The number of thioether (sulfide) groups is 1. The molecule has 2 nitrogen and oxygen atoms in total. The molecule has 6 heteroatoms. The third kappa shape index (κ3) is 2.79. The molecule has 0 spiro atoms. The Balaban J connectivity index is 2.40. The van der Waals surface area contributed by atoms with Crippen molar-refractivity contribution < 1.29 is 8.78 Å². The zero-order chi connectivity index (χ0) is 14.2. The summed E-state index contributed by atoms with van der Waals surface area (Å²) in [5.74, 6) is -1.20. The van der Waals surface area contributed by atoms with E-state index in [4.69, 9.17) is 5.73 Å². The first-order chi connectivity index (χ1) is 8.87. The zero-order valence-electron chi connectivity index (χ0n) is 10.7. The number of hydrogen-bond acceptors (Lipinski definition) is 3. The predicted octanol–water partition coefficient (Wildman–Crippen LogP) is 4.04. The van der Waals surface area contributed by atoms with Crippen LogP contribution < -0.4 is 5.73 Å². The van der Waals surface area contributed by atoms with E-state index in [1.807, 2.05) is 13.2 Å². The van der Waals surface area contributed by atoms with Crippen molar-refractivity contribution in [2.75, 3.05) is 6.26 Å². The van der Waals surface area contributed by atoms with Gasteiger partial charge in [0.05, 0.1) is 10.8 Å².